The second-order valence-electron chi connectivity index (χ2n) is 5.56. The van der Waals surface area contributed by atoms with Gasteiger partial charge in [0.15, 0.2) is 5.76 Å². The van der Waals surface area contributed by atoms with Crippen LogP contribution in [-0.2, 0) is 11.3 Å². The molecule has 0 aliphatic carbocycles. The number of nitrogens with one attached hydrogen (secondary N) is 1. The number of guanidine groups is 1. The highest BCUT2D eigenvalue weighted by Crippen LogP contribution is 2.12. The van der Waals surface area contributed by atoms with E-state index in [9.17, 15) is 5.11 Å². The zero-order chi connectivity index (χ0) is 17.4. The number of hydrogen-bond donors (Lipinski definition) is 3. The van der Waals surface area contributed by atoms with Gasteiger partial charge in [-0.2, -0.15) is 10.2 Å². The smallest absolute Gasteiger partial charge is 0.215 e. The lowest BCUT2D eigenvalue weighted by Gasteiger charge is -2.24. The highest BCUT2D eigenvalue weighted by Gasteiger charge is 2.18. The fourth-order valence-electron chi connectivity index (χ4n) is 2.25. The molecule has 2 rings (SSSR count). The minimum atomic E-state index is -0.500. The quantitative estimate of drug-likeness (QED) is 0.646. The Morgan fingerprint density at radius 2 is 2.29 bits per heavy atom. The van der Waals surface area contributed by atoms with E-state index in [-0.39, 0.29) is 18.6 Å². The summed E-state index contributed by atoms with van der Waals surface area (Å²) in [5.74, 6) is 0.725. The fourth-order valence-corrected chi connectivity index (χ4v) is 2.25. The van der Waals surface area contributed by atoms with Gasteiger partial charge < -0.3 is 20.9 Å². The minimum Gasteiger partial charge on any atom is -0.484 e. The van der Waals surface area contributed by atoms with Crippen LogP contribution in [0.1, 0.15) is 32.4 Å². The maximum absolute atomic E-state index is 9.95. The molecule has 24 heavy (non-hydrogen) atoms. The summed E-state index contributed by atoms with van der Waals surface area (Å²) in [5, 5.41) is 21.1. The SMILES string of the molecule is CCCC(NC1=C(OCc2cccnn2)C=NC(N)=NC1)C(C)O. The number of nitrogens with two attached hydrogens (primary N) is 1. The Morgan fingerprint density at radius 1 is 1.46 bits per heavy atom. The Hall–Kier alpha value is -2.48. The second-order valence-corrected chi connectivity index (χ2v) is 5.56. The Kier molecular flexibility index (Phi) is 6.68. The lowest BCUT2D eigenvalue weighted by Crippen LogP contribution is -2.39. The van der Waals surface area contributed by atoms with Crippen molar-refractivity contribution >= 4 is 12.2 Å². The number of aliphatic hydroxyl groups excluding tert-OH is 1. The van der Waals surface area contributed by atoms with Gasteiger partial charge in [-0.3, -0.25) is 0 Å². The molecule has 4 N–H and O–H groups in total. The first kappa shape index (κ1) is 17.9. The van der Waals surface area contributed by atoms with Gasteiger partial charge in [0.05, 0.1) is 30.6 Å². The van der Waals surface area contributed by atoms with Crippen LogP contribution in [0, 0.1) is 0 Å². The first-order chi connectivity index (χ1) is 11.6. The molecule has 1 aromatic heterocycles. The molecule has 0 fully saturated rings. The highest BCUT2D eigenvalue weighted by molar-refractivity contribution is 5.92. The molecule has 2 atom stereocenters. The summed E-state index contributed by atoms with van der Waals surface area (Å²) in [6.07, 6.45) is 4.42. The lowest BCUT2D eigenvalue weighted by molar-refractivity contribution is 0.142. The number of ether oxygens (including phenoxy) is 1. The zero-order valence-corrected chi connectivity index (χ0v) is 14.0. The summed E-state index contributed by atoms with van der Waals surface area (Å²) in [5.41, 5.74) is 7.13. The van der Waals surface area contributed by atoms with Crippen LogP contribution in [0.2, 0.25) is 0 Å². The molecule has 2 heterocycles. The predicted octanol–water partition coefficient (Wildman–Crippen LogP) is 0.743. The Labute approximate surface area is 141 Å². The summed E-state index contributed by atoms with van der Waals surface area (Å²) in [6, 6.07) is 3.53. The molecule has 8 heteroatoms. The van der Waals surface area contributed by atoms with E-state index in [0.717, 1.165) is 18.5 Å². The molecule has 1 aromatic rings. The van der Waals surface area contributed by atoms with Crippen molar-refractivity contribution in [2.75, 3.05) is 6.54 Å². The molecule has 0 saturated carbocycles. The van der Waals surface area contributed by atoms with Gasteiger partial charge in [-0.05, 0) is 25.5 Å². The van der Waals surface area contributed by atoms with E-state index < -0.39 is 6.10 Å². The van der Waals surface area contributed by atoms with Crippen molar-refractivity contribution in [3.05, 3.63) is 35.5 Å². The molecule has 1 aliphatic heterocycles. The van der Waals surface area contributed by atoms with Crippen LogP contribution in [-0.4, -0.2) is 46.2 Å². The van der Waals surface area contributed by atoms with Crippen molar-refractivity contribution in [3.8, 4) is 0 Å². The number of rotatable bonds is 8. The molecule has 130 valence electrons. The Bertz CT molecular complexity index is 612. The molecule has 0 saturated heterocycles. The van der Waals surface area contributed by atoms with Crippen LogP contribution < -0.4 is 11.1 Å². The molecule has 0 radical (unpaired) electrons. The van der Waals surface area contributed by atoms with Crippen molar-refractivity contribution in [2.45, 2.75) is 45.4 Å². The summed E-state index contributed by atoms with van der Waals surface area (Å²) in [4.78, 5) is 8.22. The third-order valence-electron chi connectivity index (χ3n) is 3.56. The highest BCUT2D eigenvalue weighted by atomic mass is 16.5. The third kappa shape index (κ3) is 5.31. The molecule has 0 bridgehead atoms. The standard InChI is InChI=1S/C16H24N6O2/c1-3-5-13(11(2)23)21-14-8-18-16(17)19-9-15(14)24-10-12-6-4-7-20-22-12/h4,6-7,9,11,13,21,23H,3,5,8,10H2,1-2H3,(H2,17,18). The van der Waals surface area contributed by atoms with Crippen molar-refractivity contribution in [2.24, 2.45) is 15.7 Å². The fraction of sp³-hybridized carbons (Fsp3) is 0.500. The van der Waals surface area contributed by atoms with E-state index in [1.165, 1.54) is 6.21 Å². The maximum atomic E-state index is 9.95. The van der Waals surface area contributed by atoms with E-state index in [1.807, 2.05) is 6.07 Å². The molecule has 0 amide bonds. The molecule has 1 aliphatic rings. The van der Waals surface area contributed by atoms with Crippen molar-refractivity contribution in [1.29, 1.82) is 0 Å². The van der Waals surface area contributed by atoms with E-state index in [4.69, 9.17) is 10.5 Å². The molecule has 0 aromatic carbocycles. The van der Waals surface area contributed by atoms with Gasteiger partial charge in [0.25, 0.3) is 0 Å². The van der Waals surface area contributed by atoms with Gasteiger partial charge in [-0.15, -0.1) is 0 Å². The number of nitrogens with zero attached hydrogens (tertiary/aromatic N) is 4. The molecule has 2 unspecified atom stereocenters. The normalized spacial score (nSPS) is 17.0. The maximum Gasteiger partial charge on any atom is 0.215 e. The molecule has 8 nitrogen and oxygen atoms in total. The minimum absolute atomic E-state index is 0.0944. The largest absolute Gasteiger partial charge is 0.484 e. The zero-order valence-electron chi connectivity index (χ0n) is 14.0. The van der Waals surface area contributed by atoms with E-state index in [1.54, 1.807) is 19.2 Å². The first-order valence-electron chi connectivity index (χ1n) is 8.01. The topological polar surface area (TPSA) is 118 Å². The number of allylic oxidation sites excluding steroid dienone is 1. The van der Waals surface area contributed by atoms with Gasteiger partial charge in [-0.1, -0.05) is 13.3 Å². The molecular weight excluding hydrogens is 308 g/mol. The van der Waals surface area contributed by atoms with Crippen LogP contribution in [0.4, 0.5) is 0 Å². The second kappa shape index (κ2) is 8.97. The van der Waals surface area contributed by atoms with Crippen LogP contribution >= 0.6 is 0 Å². The number of aliphatic imine (C=N–C) groups is 2. The average molecular weight is 332 g/mol. The van der Waals surface area contributed by atoms with Crippen molar-refractivity contribution < 1.29 is 9.84 Å². The van der Waals surface area contributed by atoms with Crippen LogP contribution in [0.5, 0.6) is 0 Å². The molecule has 0 spiro atoms. The average Bonchev–Trinajstić information content (AvgIpc) is 2.75. The summed E-state index contributed by atoms with van der Waals surface area (Å²) >= 11 is 0. The number of hydrogen-bond acceptors (Lipinski definition) is 8. The Balaban J connectivity index is 2.15. The monoisotopic (exact) mass is 332 g/mol. The van der Waals surface area contributed by atoms with E-state index in [0.29, 0.717) is 18.0 Å². The van der Waals surface area contributed by atoms with Crippen LogP contribution in [0.15, 0.2) is 39.8 Å². The van der Waals surface area contributed by atoms with Gasteiger partial charge in [0.1, 0.15) is 12.3 Å². The predicted molar refractivity (Wildman–Crippen MR) is 92.3 cm³/mol. The van der Waals surface area contributed by atoms with Crippen LogP contribution in [0.3, 0.4) is 0 Å². The molecular formula is C16H24N6O2. The summed E-state index contributed by atoms with van der Waals surface area (Å²) in [6.45, 7) is 4.40. The summed E-state index contributed by atoms with van der Waals surface area (Å²) < 4.78 is 5.82. The van der Waals surface area contributed by atoms with Gasteiger partial charge in [0, 0.05) is 6.20 Å². The van der Waals surface area contributed by atoms with E-state index in [2.05, 4.69) is 32.4 Å². The van der Waals surface area contributed by atoms with Crippen LogP contribution in [0.25, 0.3) is 0 Å². The Morgan fingerprint density at radius 3 is 2.96 bits per heavy atom. The third-order valence-corrected chi connectivity index (χ3v) is 3.56. The summed E-state index contributed by atoms with van der Waals surface area (Å²) in [7, 11) is 0. The van der Waals surface area contributed by atoms with E-state index >= 15 is 0 Å². The number of aromatic nitrogens is 2. The van der Waals surface area contributed by atoms with Gasteiger partial charge in [0.2, 0.25) is 5.96 Å². The van der Waals surface area contributed by atoms with Crippen molar-refractivity contribution in [1.82, 2.24) is 15.5 Å². The number of aliphatic hydroxyl groups is 1. The first-order valence-corrected chi connectivity index (χ1v) is 8.01. The lowest BCUT2D eigenvalue weighted by atomic mass is 10.1. The van der Waals surface area contributed by atoms with Crippen molar-refractivity contribution in [3.63, 3.8) is 0 Å². The van der Waals surface area contributed by atoms with Gasteiger partial charge in [-0.25, -0.2) is 9.98 Å². The van der Waals surface area contributed by atoms with Gasteiger partial charge >= 0.3 is 0 Å².